The number of allylic oxidation sites excluding steroid dienone is 1. The minimum absolute atomic E-state index is 0.416. The smallest absolute Gasteiger partial charge is 0.146 e. The Morgan fingerprint density at radius 2 is 2.27 bits per heavy atom. The van der Waals surface area contributed by atoms with Gasteiger partial charge < -0.3 is 9.90 Å². The monoisotopic (exact) mass is 154 g/mol. The van der Waals surface area contributed by atoms with Gasteiger partial charge in [-0.1, -0.05) is 6.08 Å². The highest BCUT2D eigenvalue weighted by atomic mass is 16.3. The van der Waals surface area contributed by atoms with Gasteiger partial charge in [-0.2, -0.15) is 0 Å². The zero-order chi connectivity index (χ0) is 8.27. The molecular formula is C8H10O3. The quantitative estimate of drug-likeness (QED) is 0.573. The summed E-state index contributed by atoms with van der Waals surface area (Å²) in [4.78, 5) is 20.7. The largest absolute Gasteiger partial charge is 0.392 e. The van der Waals surface area contributed by atoms with Crippen molar-refractivity contribution >= 4 is 12.6 Å². The summed E-state index contributed by atoms with van der Waals surface area (Å²) in [6.45, 7) is 0. The molecule has 11 heavy (non-hydrogen) atoms. The van der Waals surface area contributed by atoms with Crippen LogP contribution in [0.4, 0.5) is 0 Å². The van der Waals surface area contributed by atoms with Crippen molar-refractivity contribution in [3.05, 3.63) is 11.6 Å². The first-order valence-electron chi connectivity index (χ1n) is 3.58. The molecule has 0 bridgehead atoms. The van der Waals surface area contributed by atoms with E-state index in [1.54, 1.807) is 6.08 Å². The second-order valence-corrected chi connectivity index (χ2v) is 2.63. The fourth-order valence-corrected chi connectivity index (χ4v) is 1.25. The average Bonchev–Trinajstić information content (AvgIpc) is 2.04. The van der Waals surface area contributed by atoms with Crippen LogP contribution in [0.25, 0.3) is 0 Å². The first kappa shape index (κ1) is 8.14. The zero-order valence-corrected chi connectivity index (χ0v) is 6.06. The normalized spacial score (nSPS) is 30.8. The summed E-state index contributed by atoms with van der Waals surface area (Å²) >= 11 is 0. The van der Waals surface area contributed by atoms with Crippen molar-refractivity contribution in [3.63, 3.8) is 0 Å². The van der Waals surface area contributed by atoms with Gasteiger partial charge in [0.15, 0.2) is 0 Å². The first-order chi connectivity index (χ1) is 5.29. The van der Waals surface area contributed by atoms with E-state index in [1.807, 2.05) is 0 Å². The van der Waals surface area contributed by atoms with E-state index in [0.29, 0.717) is 31.0 Å². The van der Waals surface area contributed by atoms with Gasteiger partial charge >= 0.3 is 0 Å². The van der Waals surface area contributed by atoms with E-state index >= 15 is 0 Å². The SMILES string of the molecule is O=CC1=CCC[C@H](O)[C@H]1C=O. The lowest BCUT2D eigenvalue weighted by Gasteiger charge is -2.21. The number of hydrogen-bond acceptors (Lipinski definition) is 3. The van der Waals surface area contributed by atoms with Crippen molar-refractivity contribution in [2.45, 2.75) is 18.9 Å². The molecule has 0 aromatic heterocycles. The van der Waals surface area contributed by atoms with Crippen LogP contribution in [0.2, 0.25) is 0 Å². The fraction of sp³-hybridized carbons (Fsp3) is 0.500. The number of aldehydes is 2. The summed E-state index contributed by atoms with van der Waals surface area (Å²) in [5.74, 6) is -0.596. The van der Waals surface area contributed by atoms with Gasteiger partial charge in [0, 0.05) is 5.57 Å². The summed E-state index contributed by atoms with van der Waals surface area (Å²) in [6.07, 6.45) is 3.56. The number of carbonyl (C=O) groups is 2. The topological polar surface area (TPSA) is 54.4 Å². The molecule has 3 heteroatoms. The maximum atomic E-state index is 10.4. The third kappa shape index (κ3) is 1.54. The molecule has 0 saturated carbocycles. The molecule has 0 unspecified atom stereocenters. The van der Waals surface area contributed by atoms with Crippen molar-refractivity contribution in [1.29, 1.82) is 0 Å². The standard InChI is InChI=1S/C8H10O3/c9-4-6-2-1-3-8(11)7(6)5-10/h2,4-5,7-8,11H,1,3H2/t7-,8-/m0/s1. The van der Waals surface area contributed by atoms with Crippen LogP contribution in [0, 0.1) is 5.92 Å². The highest BCUT2D eigenvalue weighted by molar-refractivity contribution is 5.81. The van der Waals surface area contributed by atoms with E-state index in [9.17, 15) is 14.7 Å². The Kier molecular flexibility index (Phi) is 2.54. The maximum Gasteiger partial charge on any atom is 0.146 e. The summed E-state index contributed by atoms with van der Waals surface area (Å²) < 4.78 is 0. The first-order valence-corrected chi connectivity index (χ1v) is 3.58. The average molecular weight is 154 g/mol. The van der Waals surface area contributed by atoms with Gasteiger partial charge in [-0.15, -0.1) is 0 Å². The molecule has 0 fully saturated rings. The van der Waals surface area contributed by atoms with Crippen LogP contribution < -0.4 is 0 Å². The molecular weight excluding hydrogens is 144 g/mol. The van der Waals surface area contributed by atoms with E-state index in [4.69, 9.17) is 0 Å². The molecule has 0 amide bonds. The van der Waals surface area contributed by atoms with E-state index in [-0.39, 0.29) is 0 Å². The molecule has 1 N–H and O–H groups in total. The lowest BCUT2D eigenvalue weighted by Crippen LogP contribution is -2.27. The van der Waals surface area contributed by atoms with Gasteiger partial charge in [0.1, 0.15) is 12.6 Å². The van der Waals surface area contributed by atoms with Crippen LogP contribution in [0.5, 0.6) is 0 Å². The van der Waals surface area contributed by atoms with Crippen molar-refractivity contribution in [2.24, 2.45) is 5.92 Å². The van der Waals surface area contributed by atoms with E-state index in [2.05, 4.69) is 0 Å². The van der Waals surface area contributed by atoms with Crippen LogP contribution in [0.1, 0.15) is 12.8 Å². The molecule has 1 aliphatic carbocycles. The Bertz CT molecular complexity index is 196. The molecule has 2 atom stereocenters. The van der Waals surface area contributed by atoms with Crippen molar-refractivity contribution in [3.8, 4) is 0 Å². The Labute approximate surface area is 64.7 Å². The molecule has 0 aliphatic heterocycles. The maximum absolute atomic E-state index is 10.4. The van der Waals surface area contributed by atoms with Crippen LogP contribution in [-0.4, -0.2) is 23.8 Å². The Balaban J connectivity index is 2.81. The molecule has 0 heterocycles. The Hall–Kier alpha value is -0.960. The van der Waals surface area contributed by atoms with Crippen molar-refractivity contribution in [2.75, 3.05) is 0 Å². The molecule has 60 valence electrons. The number of aliphatic hydroxyl groups excluding tert-OH is 1. The van der Waals surface area contributed by atoms with Crippen LogP contribution in [-0.2, 0) is 9.59 Å². The Morgan fingerprint density at radius 1 is 1.55 bits per heavy atom. The van der Waals surface area contributed by atoms with E-state index < -0.39 is 12.0 Å². The van der Waals surface area contributed by atoms with Crippen LogP contribution in [0.3, 0.4) is 0 Å². The minimum atomic E-state index is -0.669. The summed E-state index contributed by atoms with van der Waals surface area (Å²) in [7, 11) is 0. The third-order valence-electron chi connectivity index (χ3n) is 1.92. The predicted octanol–water partition coefficient (Wildman–Crippen LogP) is 0.0815. The Morgan fingerprint density at radius 3 is 2.73 bits per heavy atom. The predicted molar refractivity (Wildman–Crippen MR) is 38.9 cm³/mol. The van der Waals surface area contributed by atoms with Gasteiger partial charge in [0.05, 0.1) is 12.0 Å². The highest BCUT2D eigenvalue weighted by Gasteiger charge is 2.24. The minimum Gasteiger partial charge on any atom is -0.392 e. The molecule has 0 aromatic rings. The van der Waals surface area contributed by atoms with E-state index in [1.165, 1.54) is 0 Å². The van der Waals surface area contributed by atoms with Crippen LogP contribution >= 0.6 is 0 Å². The third-order valence-corrected chi connectivity index (χ3v) is 1.92. The fourth-order valence-electron chi connectivity index (χ4n) is 1.25. The van der Waals surface area contributed by atoms with Gasteiger partial charge in [-0.3, -0.25) is 4.79 Å². The van der Waals surface area contributed by atoms with E-state index in [0.717, 1.165) is 0 Å². The number of rotatable bonds is 2. The molecule has 1 rings (SSSR count). The zero-order valence-electron chi connectivity index (χ0n) is 6.06. The summed E-state index contributed by atoms with van der Waals surface area (Å²) in [5, 5.41) is 9.24. The van der Waals surface area contributed by atoms with Crippen molar-refractivity contribution in [1.82, 2.24) is 0 Å². The molecule has 0 spiro atoms. The summed E-state index contributed by atoms with van der Waals surface area (Å²) in [5.41, 5.74) is 0.416. The van der Waals surface area contributed by atoms with Gasteiger partial charge in [-0.25, -0.2) is 0 Å². The lowest BCUT2D eigenvalue weighted by molar-refractivity contribution is -0.115. The number of carbonyl (C=O) groups excluding carboxylic acids is 2. The second kappa shape index (κ2) is 3.44. The van der Waals surface area contributed by atoms with Crippen LogP contribution in [0.15, 0.2) is 11.6 Å². The molecule has 1 aliphatic rings. The molecule has 0 aromatic carbocycles. The van der Waals surface area contributed by atoms with Crippen molar-refractivity contribution < 1.29 is 14.7 Å². The van der Waals surface area contributed by atoms with Gasteiger partial charge in [0.2, 0.25) is 0 Å². The number of aliphatic hydroxyl groups is 1. The molecule has 0 radical (unpaired) electrons. The number of hydrogen-bond donors (Lipinski definition) is 1. The highest BCUT2D eigenvalue weighted by Crippen LogP contribution is 2.21. The lowest BCUT2D eigenvalue weighted by atomic mass is 9.87. The second-order valence-electron chi connectivity index (χ2n) is 2.63. The summed E-state index contributed by atoms with van der Waals surface area (Å²) in [6, 6.07) is 0. The molecule has 3 nitrogen and oxygen atoms in total. The van der Waals surface area contributed by atoms with Gasteiger partial charge in [-0.05, 0) is 12.8 Å². The van der Waals surface area contributed by atoms with Gasteiger partial charge in [0.25, 0.3) is 0 Å². The molecule has 0 saturated heterocycles.